The molecule has 0 unspecified atom stereocenters. The highest BCUT2D eigenvalue weighted by atomic mass is 16.5. The number of ether oxygens (including phenoxy) is 1. The van der Waals surface area contributed by atoms with E-state index in [1.165, 1.54) is 0 Å². The van der Waals surface area contributed by atoms with E-state index in [1.54, 1.807) is 6.07 Å². The number of rotatable bonds is 6. The Balaban J connectivity index is 1.98. The highest BCUT2D eigenvalue weighted by Gasteiger charge is 2.11. The van der Waals surface area contributed by atoms with Crippen molar-refractivity contribution in [2.75, 3.05) is 11.9 Å². The van der Waals surface area contributed by atoms with Crippen molar-refractivity contribution in [2.45, 2.75) is 33.1 Å². The van der Waals surface area contributed by atoms with Gasteiger partial charge in [0.2, 0.25) is 0 Å². The maximum absolute atomic E-state index is 12.0. The van der Waals surface area contributed by atoms with E-state index in [4.69, 9.17) is 4.74 Å². The van der Waals surface area contributed by atoms with E-state index in [0.717, 1.165) is 17.5 Å². The molecule has 0 aliphatic rings. The summed E-state index contributed by atoms with van der Waals surface area (Å²) >= 11 is 0. The number of nitrogens with one attached hydrogen (secondary N) is 1. The number of hydrogen-bond acceptors (Lipinski definition) is 3. The van der Waals surface area contributed by atoms with Crippen molar-refractivity contribution in [1.29, 1.82) is 0 Å². The van der Waals surface area contributed by atoms with Crippen LogP contribution in [0, 0.1) is 6.92 Å². The second kappa shape index (κ2) is 7.68. The average Bonchev–Trinajstić information content (AvgIpc) is 2.55. The van der Waals surface area contributed by atoms with E-state index >= 15 is 0 Å². The first-order valence-electron chi connectivity index (χ1n) is 7.81. The number of amides is 1. The summed E-state index contributed by atoms with van der Waals surface area (Å²) in [7, 11) is 0. The molecule has 0 radical (unpaired) electrons. The van der Waals surface area contributed by atoms with Crippen LogP contribution in [0.3, 0.4) is 0 Å². The standard InChI is InChI=1S/C19H23NO3/c1-4-14(3)15-7-10-18(21)17(11-15)20-19(22)12-23-16-8-5-13(2)6-9-16/h5-11,14,21H,4,12H2,1-3H3,(H,20,22)/t14-/m0/s1. The molecular formula is C19H23NO3. The van der Waals surface area contributed by atoms with Gasteiger partial charge in [-0.2, -0.15) is 0 Å². The van der Waals surface area contributed by atoms with Crippen molar-refractivity contribution in [2.24, 2.45) is 0 Å². The number of carbonyl (C=O) groups excluding carboxylic acids is 1. The van der Waals surface area contributed by atoms with Crippen LogP contribution in [-0.4, -0.2) is 17.6 Å². The largest absolute Gasteiger partial charge is 0.506 e. The predicted octanol–water partition coefficient (Wildman–Crippen LogP) is 4.23. The van der Waals surface area contributed by atoms with E-state index in [-0.39, 0.29) is 18.3 Å². The molecule has 0 fully saturated rings. The van der Waals surface area contributed by atoms with Crippen LogP contribution in [0.2, 0.25) is 0 Å². The minimum Gasteiger partial charge on any atom is -0.506 e. The van der Waals surface area contributed by atoms with Crippen molar-refractivity contribution in [3.05, 3.63) is 53.6 Å². The third-order valence-electron chi connectivity index (χ3n) is 3.87. The predicted molar refractivity (Wildman–Crippen MR) is 92.1 cm³/mol. The molecule has 0 aromatic heterocycles. The number of phenolic OH excluding ortho intramolecular Hbond substituents is 1. The Morgan fingerprint density at radius 3 is 2.57 bits per heavy atom. The van der Waals surface area contributed by atoms with Gasteiger partial charge in [0, 0.05) is 0 Å². The van der Waals surface area contributed by atoms with Crippen molar-refractivity contribution in [3.8, 4) is 11.5 Å². The Labute approximate surface area is 137 Å². The normalized spacial score (nSPS) is 11.8. The first-order chi connectivity index (χ1) is 11.0. The van der Waals surface area contributed by atoms with Crippen LogP contribution in [0.25, 0.3) is 0 Å². The Hall–Kier alpha value is -2.49. The lowest BCUT2D eigenvalue weighted by Gasteiger charge is -2.13. The van der Waals surface area contributed by atoms with E-state index in [1.807, 2.05) is 43.3 Å². The zero-order valence-electron chi connectivity index (χ0n) is 13.8. The average molecular weight is 313 g/mol. The summed E-state index contributed by atoms with van der Waals surface area (Å²) in [6.07, 6.45) is 0.995. The van der Waals surface area contributed by atoms with Crippen molar-refractivity contribution < 1.29 is 14.6 Å². The van der Waals surface area contributed by atoms with Gasteiger partial charge in [0.05, 0.1) is 5.69 Å². The zero-order chi connectivity index (χ0) is 16.8. The van der Waals surface area contributed by atoms with Gasteiger partial charge in [-0.05, 0) is 49.1 Å². The molecule has 0 heterocycles. The molecule has 1 amide bonds. The number of aromatic hydroxyl groups is 1. The minimum atomic E-state index is -0.304. The van der Waals surface area contributed by atoms with Crippen LogP contribution < -0.4 is 10.1 Å². The summed E-state index contributed by atoms with van der Waals surface area (Å²) in [6.45, 7) is 6.10. The lowest BCUT2D eigenvalue weighted by atomic mass is 9.98. The van der Waals surface area contributed by atoms with Gasteiger partial charge in [0.15, 0.2) is 6.61 Å². The third kappa shape index (κ3) is 4.74. The molecule has 0 aliphatic heterocycles. The molecule has 0 bridgehead atoms. The molecule has 1 atom stereocenters. The fraction of sp³-hybridized carbons (Fsp3) is 0.316. The van der Waals surface area contributed by atoms with Crippen LogP contribution in [0.1, 0.15) is 37.3 Å². The molecular weight excluding hydrogens is 290 g/mol. The molecule has 0 saturated carbocycles. The first kappa shape index (κ1) is 16.9. The zero-order valence-corrected chi connectivity index (χ0v) is 13.8. The Morgan fingerprint density at radius 1 is 1.22 bits per heavy atom. The second-order valence-corrected chi connectivity index (χ2v) is 5.74. The molecule has 0 aliphatic carbocycles. The number of anilines is 1. The van der Waals surface area contributed by atoms with Gasteiger partial charge < -0.3 is 15.2 Å². The van der Waals surface area contributed by atoms with Gasteiger partial charge in [0.1, 0.15) is 11.5 Å². The van der Waals surface area contributed by atoms with Crippen LogP contribution in [0.4, 0.5) is 5.69 Å². The highest BCUT2D eigenvalue weighted by Crippen LogP contribution is 2.29. The quantitative estimate of drug-likeness (QED) is 0.785. The van der Waals surface area contributed by atoms with E-state index in [0.29, 0.717) is 17.4 Å². The summed E-state index contributed by atoms with van der Waals surface area (Å²) in [4.78, 5) is 12.0. The van der Waals surface area contributed by atoms with Crippen LogP contribution >= 0.6 is 0 Å². The Bertz CT molecular complexity index is 665. The third-order valence-corrected chi connectivity index (χ3v) is 3.87. The van der Waals surface area contributed by atoms with Crippen LogP contribution in [0.15, 0.2) is 42.5 Å². The maximum atomic E-state index is 12.0. The van der Waals surface area contributed by atoms with E-state index in [2.05, 4.69) is 19.2 Å². The molecule has 4 heteroatoms. The fourth-order valence-electron chi connectivity index (χ4n) is 2.17. The molecule has 2 N–H and O–H groups in total. The molecule has 0 spiro atoms. The number of aryl methyl sites for hydroxylation is 1. The molecule has 0 saturated heterocycles. The molecule has 23 heavy (non-hydrogen) atoms. The topological polar surface area (TPSA) is 58.6 Å². The monoisotopic (exact) mass is 313 g/mol. The van der Waals surface area contributed by atoms with E-state index in [9.17, 15) is 9.90 Å². The second-order valence-electron chi connectivity index (χ2n) is 5.74. The molecule has 2 aromatic carbocycles. The van der Waals surface area contributed by atoms with Gasteiger partial charge in [-0.1, -0.05) is 37.6 Å². The van der Waals surface area contributed by atoms with Crippen molar-refractivity contribution in [1.82, 2.24) is 0 Å². The lowest BCUT2D eigenvalue weighted by molar-refractivity contribution is -0.118. The van der Waals surface area contributed by atoms with E-state index < -0.39 is 0 Å². The SMILES string of the molecule is CC[C@H](C)c1ccc(O)c(NC(=O)COc2ccc(C)cc2)c1. The van der Waals surface area contributed by atoms with Gasteiger partial charge in [-0.25, -0.2) is 0 Å². The Kier molecular flexibility index (Phi) is 5.63. The maximum Gasteiger partial charge on any atom is 0.262 e. The smallest absolute Gasteiger partial charge is 0.262 e. The number of phenols is 1. The number of benzene rings is 2. The number of carbonyl (C=O) groups is 1. The summed E-state index contributed by atoms with van der Waals surface area (Å²) in [5.41, 5.74) is 2.63. The van der Waals surface area contributed by atoms with Crippen molar-refractivity contribution in [3.63, 3.8) is 0 Å². The first-order valence-corrected chi connectivity index (χ1v) is 7.81. The van der Waals surface area contributed by atoms with Gasteiger partial charge in [-0.15, -0.1) is 0 Å². The summed E-state index contributed by atoms with van der Waals surface area (Å²) in [5.74, 6) is 0.765. The molecule has 2 aromatic rings. The van der Waals surface area contributed by atoms with Gasteiger partial charge in [0.25, 0.3) is 5.91 Å². The van der Waals surface area contributed by atoms with Gasteiger partial charge >= 0.3 is 0 Å². The molecule has 2 rings (SSSR count). The summed E-state index contributed by atoms with van der Waals surface area (Å²) in [6, 6.07) is 12.8. The lowest BCUT2D eigenvalue weighted by Crippen LogP contribution is -2.20. The highest BCUT2D eigenvalue weighted by molar-refractivity contribution is 5.93. The molecule has 4 nitrogen and oxygen atoms in total. The van der Waals surface area contributed by atoms with Crippen LogP contribution in [0.5, 0.6) is 11.5 Å². The fourth-order valence-corrected chi connectivity index (χ4v) is 2.17. The van der Waals surface area contributed by atoms with Gasteiger partial charge in [-0.3, -0.25) is 4.79 Å². The number of hydrogen-bond donors (Lipinski definition) is 2. The molecule has 122 valence electrons. The summed E-state index contributed by atoms with van der Waals surface area (Å²) in [5, 5.41) is 12.6. The minimum absolute atomic E-state index is 0.0562. The van der Waals surface area contributed by atoms with Crippen LogP contribution in [-0.2, 0) is 4.79 Å². The Morgan fingerprint density at radius 2 is 1.91 bits per heavy atom. The summed E-state index contributed by atoms with van der Waals surface area (Å²) < 4.78 is 5.44. The van der Waals surface area contributed by atoms with Crippen molar-refractivity contribution >= 4 is 11.6 Å².